The molecule has 0 fully saturated rings. The topological polar surface area (TPSA) is 101 Å². The molecule has 0 atom stereocenters. The third-order valence-electron chi connectivity index (χ3n) is 4.99. The normalized spacial score (nSPS) is 11.2. The fraction of sp³-hybridized carbons (Fsp3) is 0.360. The van der Waals surface area contributed by atoms with Crippen LogP contribution in [0.15, 0.2) is 41.8 Å². The van der Waals surface area contributed by atoms with Crippen LogP contribution in [0.25, 0.3) is 0 Å². The second-order valence-corrected chi connectivity index (χ2v) is 11.4. The van der Waals surface area contributed by atoms with Gasteiger partial charge < -0.3 is 9.47 Å². The Morgan fingerprint density at radius 1 is 1.14 bits per heavy atom. The first kappa shape index (κ1) is 29.7. The summed E-state index contributed by atoms with van der Waals surface area (Å²) in [6, 6.07) is 13.3. The van der Waals surface area contributed by atoms with E-state index < -0.39 is 15.4 Å². The molecule has 0 radical (unpaired) electrons. The van der Waals surface area contributed by atoms with E-state index >= 15 is 0 Å². The minimum Gasteiger partial charge on any atom is -0.489 e. The number of sulfonamides is 1. The van der Waals surface area contributed by atoms with Gasteiger partial charge in [-0.1, -0.05) is 51.4 Å². The van der Waals surface area contributed by atoms with E-state index in [0.29, 0.717) is 33.0 Å². The van der Waals surface area contributed by atoms with Gasteiger partial charge in [0.15, 0.2) is 11.6 Å². The van der Waals surface area contributed by atoms with E-state index in [9.17, 15) is 13.7 Å². The van der Waals surface area contributed by atoms with Gasteiger partial charge in [-0.05, 0) is 35.4 Å². The van der Waals surface area contributed by atoms with Crippen molar-refractivity contribution in [3.8, 4) is 17.6 Å². The molecule has 2 aromatic carbocycles. The molecular weight excluding hydrogens is 541 g/mol. The number of nitriles is 1. The Kier molecular flexibility index (Phi) is 10.9. The van der Waals surface area contributed by atoms with Crippen LogP contribution in [0.1, 0.15) is 49.4 Å². The molecule has 11 heteroatoms. The first-order valence-electron chi connectivity index (χ1n) is 11.1. The molecule has 0 saturated heterocycles. The molecule has 1 heterocycles. The average molecular weight is 571 g/mol. The van der Waals surface area contributed by atoms with E-state index in [4.69, 9.17) is 32.7 Å². The van der Waals surface area contributed by atoms with Crippen LogP contribution >= 0.6 is 34.5 Å². The number of anilines is 1. The monoisotopic (exact) mass is 569 g/mol. The maximum atomic E-state index is 11.3. The number of nitrogens with one attached hydrogen (secondary N) is 1. The minimum atomic E-state index is -3.37. The van der Waals surface area contributed by atoms with E-state index in [-0.39, 0.29) is 19.0 Å². The largest absolute Gasteiger partial charge is 0.489 e. The van der Waals surface area contributed by atoms with Gasteiger partial charge in [0.25, 0.3) is 0 Å². The summed E-state index contributed by atoms with van der Waals surface area (Å²) in [7, 11) is -3.37. The van der Waals surface area contributed by atoms with Gasteiger partial charge in [-0.15, -0.1) is 22.9 Å². The van der Waals surface area contributed by atoms with Gasteiger partial charge in [0, 0.05) is 10.8 Å². The Hall–Kier alpha value is -2.51. The summed E-state index contributed by atoms with van der Waals surface area (Å²) in [6.45, 7) is 8.56. The van der Waals surface area contributed by atoms with Gasteiger partial charge >= 0.3 is 0 Å². The molecule has 0 aliphatic rings. The second kappa shape index (κ2) is 13.2. The molecule has 0 spiro atoms. The quantitative estimate of drug-likeness (QED) is 0.276. The van der Waals surface area contributed by atoms with Crippen LogP contribution in [-0.2, 0) is 22.0 Å². The molecule has 36 heavy (non-hydrogen) atoms. The second-order valence-electron chi connectivity index (χ2n) is 7.92. The highest BCUT2D eigenvalue weighted by Crippen LogP contribution is 2.38. The number of benzene rings is 2. The molecule has 0 aliphatic carbocycles. The number of ether oxygens (including phenoxy) is 2. The molecule has 7 nitrogen and oxygen atoms in total. The van der Waals surface area contributed by atoms with Crippen LogP contribution in [0, 0.1) is 11.3 Å². The zero-order chi connectivity index (χ0) is 26.9. The maximum Gasteiger partial charge on any atom is 0.230 e. The molecule has 0 saturated carbocycles. The number of halogens is 2. The summed E-state index contributed by atoms with van der Waals surface area (Å²) < 4.78 is 36.3. The van der Waals surface area contributed by atoms with Crippen LogP contribution in [0.3, 0.4) is 0 Å². The number of alkyl halides is 1. The molecule has 194 valence electrons. The van der Waals surface area contributed by atoms with Crippen molar-refractivity contribution in [1.29, 1.82) is 5.26 Å². The van der Waals surface area contributed by atoms with Crippen LogP contribution in [0.2, 0.25) is 5.02 Å². The summed E-state index contributed by atoms with van der Waals surface area (Å²) in [6.07, 6.45) is 1.07. The Bertz CT molecular complexity index is 1300. The van der Waals surface area contributed by atoms with Crippen molar-refractivity contribution in [3.05, 3.63) is 68.5 Å². The Morgan fingerprint density at radius 3 is 2.39 bits per heavy atom. The van der Waals surface area contributed by atoms with Gasteiger partial charge in [-0.2, -0.15) is 5.26 Å². The first-order valence-corrected chi connectivity index (χ1v) is 14.8. The fourth-order valence-corrected chi connectivity index (χ4v) is 4.77. The molecule has 3 rings (SSSR count). The van der Waals surface area contributed by atoms with E-state index in [1.807, 2.05) is 52.0 Å². The summed E-state index contributed by atoms with van der Waals surface area (Å²) in [5, 5.41) is 12.2. The lowest BCUT2D eigenvalue weighted by Gasteiger charge is -2.27. The summed E-state index contributed by atoms with van der Waals surface area (Å²) in [5.74, 6) is 1.56. The van der Waals surface area contributed by atoms with Crippen molar-refractivity contribution in [2.24, 2.45) is 0 Å². The molecular formula is C25H29Cl2N3O4S2. The summed E-state index contributed by atoms with van der Waals surface area (Å²) >= 11 is 13.4. The molecule has 0 unspecified atom stereocenters. The Balaban J connectivity index is 0.00000222. The lowest BCUT2D eigenvalue weighted by Crippen LogP contribution is -2.19. The zero-order valence-corrected chi connectivity index (χ0v) is 23.9. The number of hydrogen-bond acceptors (Lipinski definition) is 7. The molecule has 3 aromatic rings. The maximum absolute atomic E-state index is 11.3. The average Bonchev–Trinajstić information content (AvgIpc) is 3.28. The van der Waals surface area contributed by atoms with E-state index in [2.05, 4.69) is 15.8 Å². The van der Waals surface area contributed by atoms with Crippen molar-refractivity contribution in [1.82, 2.24) is 4.98 Å². The Morgan fingerprint density at radius 2 is 1.81 bits per heavy atom. The molecule has 0 bridgehead atoms. The predicted octanol–water partition coefficient (Wildman–Crippen LogP) is 6.59. The predicted molar refractivity (Wildman–Crippen MR) is 147 cm³/mol. The van der Waals surface area contributed by atoms with Crippen molar-refractivity contribution < 1.29 is 17.9 Å². The van der Waals surface area contributed by atoms with Gasteiger partial charge in [0.05, 0.1) is 22.7 Å². The summed E-state index contributed by atoms with van der Waals surface area (Å²) in [4.78, 5) is 4.20. The van der Waals surface area contributed by atoms with Crippen LogP contribution in [0.4, 0.5) is 5.82 Å². The third kappa shape index (κ3) is 8.00. The smallest absolute Gasteiger partial charge is 0.230 e. The van der Waals surface area contributed by atoms with Crippen molar-refractivity contribution in [3.63, 3.8) is 0 Å². The highest BCUT2D eigenvalue weighted by atomic mass is 35.5. The molecule has 1 N–H and O–H groups in total. The van der Waals surface area contributed by atoms with Crippen molar-refractivity contribution >= 4 is 50.4 Å². The summed E-state index contributed by atoms with van der Waals surface area (Å²) in [5.41, 5.74) is 1.78. The van der Waals surface area contributed by atoms with Gasteiger partial charge in [0.2, 0.25) is 10.0 Å². The lowest BCUT2D eigenvalue weighted by atomic mass is 9.77. The van der Waals surface area contributed by atoms with E-state index in [0.717, 1.165) is 17.4 Å². The zero-order valence-electron chi connectivity index (χ0n) is 20.8. The molecule has 0 aliphatic heterocycles. The van der Waals surface area contributed by atoms with Gasteiger partial charge in [-0.25, -0.2) is 13.4 Å². The number of nitrogens with zero attached hydrogens (tertiary/aromatic N) is 2. The first-order chi connectivity index (χ1) is 17.0. The molecule has 0 amide bonds. The number of hydrogen-bond donors (Lipinski definition) is 1. The van der Waals surface area contributed by atoms with Crippen molar-refractivity contribution in [2.45, 2.75) is 39.7 Å². The Labute approximate surface area is 227 Å². The highest BCUT2D eigenvalue weighted by molar-refractivity contribution is 7.92. The SMILES string of the molecule is CC.CC(C)(c1ccc(OCc2nc(NS(C)(=O)=O)cs2)cc1)c1cc(Cl)c(OCCCl)c(C#N)c1. The minimum absolute atomic E-state index is 0.212. The van der Waals surface area contributed by atoms with Gasteiger partial charge in [-0.3, -0.25) is 4.72 Å². The third-order valence-corrected chi connectivity index (χ3v) is 6.83. The van der Waals surface area contributed by atoms with Crippen LogP contribution in [-0.4, -0.2) is 32.1 Å². The van der Waals surface area contributed by atoms with E-state index in [1.54, 1.807) is 17.5 Å². The van der Waals surface area contributed by atoms with Gasteiger partial charge in [0.1, 0.15) is 30.0 Å². The number of rotatable bonds is 10. The van der Waals surface area contributed by atoms with Crippen molar-refractivity contribution in [2.75, 3.05) is 23.5 Å². The lowest BCUT2D eigenvalue weighted by molar-refractivity contribution is 0.305. The number of thiazole rings is 1. The molecule has 1 aromatic heterocycles. The van der Waals surface area contributed by atoms with Crippen LogP contribution in [0.5, 0.6) is 11.5 Å². The van der Waals surface area contributed by atoms with E-state index in [1.165, 1.54) is 11.3 Å². The standard InChI is InChI=1S/C23H23Cl2N3O4S2.C2H6/c1-23(2,17-10-15(12-26)22(19(25)11-17)31-9-8-24)16-4-6-18(7-5-16)32-13-21-27-20(14-33-21)28-34(3,29)30;1-2/h4-7,10-11,14,28H,8-9,13H2,1-3H3;1-2H3. The van der Waals surface area contributed by atoms with Crippen LogP contribution < -0.4 is 14.2 Å². The highest BCUT2D eigenvalue weighted by Gasteiger charge is 2.26. The number of aromatic nitrogens is 1. The fourth-order valence-electron chi connectivity index (χ4n) is 3.22.